The molecule has 0 saturated carbocycles. The Balaban J connectivity index is 2.20. The zero-order valence-electron chi connectivity index (χ0n) is 9.34. The summed E-state index contributed by atoms with van der Waals surface area (Å²) in [5.41, 5.74) is 7.54. The van der Waals surface area contributed by atoms with E-state index in [0.717, 1.165) is 11.3 Å². The average Bonchev–Trinajstić information content (AvgIpc) is 2.58. The molecule has 5 nitrogen and oxygen atoms in total. The molecule has 84 valence electrons. The van der Waals surface area contributed by atoms with Gasteiger partial charge in [0.05, 0.1) is 19.3 Å². The number of nitrogens with two attached hydrogens (primary N) is 1. The summed E-state index contributed by atoms with van der Waals surface area (Å²) >= 11 is 0. The minimum absolute atomic E-state index is 0.558. The maximum absolute atomic E-state index is 5.67. The van der Waals surface area contributed by atoms with Gasteiger partial charge in [-0.25, -0.2) is 4.98 Å². The third kappa shape index (κ3) is 2.13. The SMILES string of the molecule is COc1cccc(Cn2cc(C)c(N)n2)n1. The molecule has 0 aliphatic carbocycles. The van der Waals surface area contributed by atoms with Gasteiger partial charge in [-0.2, -0.15) is 5.10 Å². The second-order valence-electron chi connectivity index (χ2n) is 3.57. The maximum atomic E-state index is 5.67. The smallest absolute Gasteiger partial charge is 0.213 e. The van der Waals surface area contributed by atoms with Gasteiger partial charge in [-0.05, 0) is 13.0 Å². The third-order valence-corrected chi connectivity index (χ3v) is 2.30. The monoisotopic (exact) mass is 218 g/mol. The number of rotatable bonds is 3. The van der Waals surface area contributed by atoms with Crippen molar-refractivity contribution in [1.82, 2.24) is 14.8 Å². The van der Waals surface area contributed by atoms with Crippen LogP contribution < -0.4 is 10.5 Å². The summed E-state index contributed by atoms with van der Waals surface area (Å²) in [7, 11) is 1.60. The highest BCUT2D eigenvalue weighted by Crippen LogP contribution is 2.10. The first kappa shape index (κ1) is 10.5. The molecule has 2 aromatic rings. The molecule has 0 amide bonds. The van der Waals surface area contributed by atoms with E-state index in [1.54, 1.807) is 11.8 Å². The molecule has 5 heteroatoms. The van der Waals surface area contributed by atoms with Gasteiger partial charge in [-0.1, -0.05) is 6.07 Å². The normalized spacial score (nSPS) is 10.4. The zero-order valence-corrected chi connectivity index (χ0v) is 9.34. The second kappa shape index (κ2) is 4.22. The molecule has 0 aliphatic rings. The van der Waals surface area contributed by atoms with Crippen molar-refractivity contribution in [2.75, 3.05) is 12.8 Å². The first-order valence-electron chi connectivity index (χ1n) is 4.98. The van der Waals surface area contributed by atoms with Crippen LogP contribution in [0.3, 0.4) is 0 Å². The summed E-state index contributed by atoms with van der Waals surface area (Å²) in [5, 5.41) is 4.17. The summed E-state index contributed by atoms with van der Waals surface area (Å²) in [6, 6.07) is 5.64. The number of ether oxygens (including phenoxy) is 1. The van der Waals surface area contributed by atoms with E-state index in [2.05, 4.69) is 10.1 Å². The molecule has 0 unspecified atom stereocenters. The Hall–Kier alpha value is -2.04. The lowest BCUT2D eigenvalue weighted by molar-refractivity contribution is 0.395. The molecule has 0 atom stereocenters. The molecule has 16 heavy (non-hydrogen) atoms. The Morgan fingerprint density at radius 2 is 2.25 bits per heavy atom. The van der Waals surface area contributed by atoms with Gasteiger partial charge in [0, 0.05) is 17.8 Å². The van der Waals surface area contributed by atoms with Crippen LogP contribution in [0.2, 0.25) is 0 Å². The lowest BCUT2D eigenvalue weighted by Gasteiger charge is -2.03. The first-order chi connectivity index (χ1) is 7.69. The molecule has 2 rings (SSSR count). The highest BCUT2D eigenvalue weighted by molar-refractivity contribution is 5.35. The lowest BCUT2D eigenvalue weighted by Crippen LogP contribution is -2.03. The molecule has 0 radical (unpaired) electrons. The Labute approximate surface area is 93.9 Å². The highest BCUT2D eigenvalue weighted by atomic mass is 16.5. The molecule has 2 heterocycles. The maximum Gasteiger partial charge on any atom is 0.213 e. The van der Waals surface area contributed by atoms with Crippen molar-refractivity contribution in [2.45, 2.75) is 13.5 Å². The molecular weight excluding hydrogens is 204 g/mol. The molecule has 0 aliphatic heterocycles. The van der Waals surface area contributed by atoms with Crippen LogP contribution in [0.25, 0.3) is 0 Å². The van der Waals surface area contributed by atoms with Gasteiger partial charge in [0.25, 0.3) is 0 Å². The van der Waals surface area contributed by atoms with Gasteiger partial charge in [-0.15, -0.1) is 0 Å². The van der Waals surface area contributed by atoms with Crippen LogP contribution in [0.1, 0.15) is 11.3 Å². The summed E-state index contributed by atoms with van der Waals surface area (Å²) in [5.74, 6) is 1.16. The fourth-order valence-electron chi connectivity index (χ4n) is 1.44. The third-order valence-electron chi connectivity index (χ3n) is 2.30. The van der Waals surface area contributed by atoms with Crippen LogP contribution in [-0.2, 0) is 6.54 Å². The van der Waals surface area contributed by atoms with Gasteiger partial charge in [-0.3, -0.25) is 4.68 Å². The average molecular weight is 218 g/mol. The molecule has 2 aromatic heterocycles. The van der Waals surface area contributed by atoms with Gasteiger partial charge < -0.3 is 10.5 Å². The summed E-state index contributed by atoms with van der Waals surface area (Å²) in [6.45, 7) is 2.52. The van der Waals surface area contributed by atoms with E-state index in [4.69, 9.17) is 10.5 Å². The molecule has 0 spiro atoms. The number of hydrogen-bond donors (Lipinski definition) is 1. The number of aryl methyl sites for hydroxylation is 1. The van der Waals surface area contributed by atoms with E-state index in [1.165, 1.54) is 0 Å². The quantitative estimate of drug-likeness (QED) is 0.841. The molecule has 0 bridgehead atoms. The second-order valence-corrected chi connectivity index (χ2v) is 3.57. The predicted octanol–water partition coefficient (Wildman–Crippen LogP) is 1.23. The van der Waals surface area contributed by atoms with Crippen LogP contribution in [-0.4, -0.2) is 21.9 Å². The number of aromatic nitrogens is 3. The van der Waals surface area contributed by atoms with Crippen LogP contribution >= 0.6 is 0 Å². The van der Waals surface area contributed by atoms with Crippen molar-refractivity contribution in [3.63, 3.8) is 0 Å². The van der Waals surface area contributed by atoms with Gasteiger partial charge in [0.15, 0.2) is 0 Å². The van der Waals surface area contributed by atoms with E-state index >= 15 is 0 Å². The summed E-state index contributed by atoms with van der Waals surface area (Å²) in [4.78, 5) is 4.30. The highest BCUT2D eigenvalue weighted by Gasteiger charge is 2.03. The standard InChI is InChI=1S/C11H14N4O/c1-8-6-15(14-11(8)12)7-9-4-3-5-10(13-9)16-2/h3-6H,7H2,1-2H3,(H2,12,14). The van der Waals surface area contributed by atoms with Crippen molar-refractivity contribution in [2.24, 2.45) is 0 Å². The Bertz CT molecular complexity index is 473. The van der Waals surface area contributed by atoms with Gasteiger partial charge in [0.1, 0.15) is 5.82 Å². The van der Waals surface area contributed by atoms with E-state index in [0.29, 0.717) is 18.2 Å². The molecule has 0 saturated heterocycles. The fraction of sp³-hybridized carbons (Fsp3) is 0.273. The number of nitrogens with zero attached hydrogens (tertiary/aromatic N) is 3. The van der Waals surface area contributed by atoms with Crippen LogP contribution in [0, 0.1) is 6.92 Å². The molecule has 0 fully saturated rings. The van der Waals surface area contributed by atoms with Crippen LogP contribution in [0.15, 0.2) is 24.4 Å². The summed E-state index contributed by atoms with van der Waals surface area (Å²) < 4.78 is 6.83. The van der Waals surface area contributed by atoms with Crippen molar-refractivity contribution in [3.05, 3.63) is 35.7 Å². The summed E-state index contributed by atoms with van der Waals surface area (Å²) in [6.07, 6.45) is 1.90. The first-order valence-corrected chi connectivity index (χ1v) is 4.98. The van der Waals surface area contributed by atoms with Crippen molar-refractivity contribution >= 4 is 5.82 Å². The Kier molecular flexibility index (Phi) is 2.76. The fourth-order valence-corrected chi connectivity index (χ4v) is 1.44. The molecular formula is C11H14N4O. The Morgan fingerprint density at radius 1 is 1.44 bits per heavy atom. The largest absolute Gasteiger partial charge is 0.481 e. The number of anilines is 1. The minimum Gasteiger partial charge on any atom is -0.481 e. The lowest BCUT2D eigenvalue weighted by atomic mass is 10.3. The van der Waals surface area contributed by atoms with E-state index < -0.39 is 0 Å². The predicted molar refractivity (Wildman–Crippen MR) is 61.3 cm³/mol. The number of hydrogen-bond acceptors (Lipinski definition) is 4. The zero-order chi connectivity index (χ0) is 11.5. The Morgan fingerprint density at radius 3 is 2.88 bits per heavy atom. The van der Waals surface area contributed by atoms with Crippen molar-refractivity contribution in [3.8, 4) is 5.88 Å². The van der Waals surface area contributed by atoms with E-state index in [1.807, 2.05) is 31.3 Å². The number of pyridine rings is 1. The topological polar surface area (TPSA) is 66.0 Å². The van der Waals surface area contributed by atoms with E-state index in [9.17, 15) is 0 Å². The van der Waals surface area contributed by atoms with E-state index in [-0.39, 0.29) is 0 Å². The number of methoxy groups -OCH3 is 1. The molecule has 0 aromatic carbocycles. The van der Waals surface area contributed by atoms with Gasteiger partial charge >= 0.3 is 0 Å². The van der Waals surface area contributed by atoms with Crippen molar-refractivity contribution < 1.29 is 4.74 Å². The van der Waals surface area contributed by atoms with Crippen molar-refractivity contribution in [1.29, 1.82) is 0 Å². The van der Waals surface area contributed by atoms with Crippen LogP contribution in [0.5, 0.6) is 5.88 Å². The minimum atomic E-state index is 0.558. The number of nitrogen functional groups attached to an aromatic ring is 1. The van der Waals surface area contributed by atoms with Gasteiger partial charge in [0.2, 0.25) is 5.88 Å². The van der Waals surface area contributed by atoms with Crippen LogP contribution in [0.4, 0.5) is 5.82 Å². The molecule has 2 N–H and O–H groups in total.